The summed E-state index contributed by atoms with van der Waals surface area (Å²) in [6, 6.07) is 10.1. The summed E-state index contributed by atoms with van der Waals surface area (Å²) in [5.74, 6) is -0.0120. The van der Waals surface area contributed by atoms with Crippen LogP contribution in [-0.2, 0) is 10.2 Å². The fourth-order valence-corrected chi connectivity index (χ4v) is 4.32. The minimum Gasteiger partial charge on any atom is -1.00 e. The molecule has 4 heteroatoms. The molecule has 0 aromatic heterocycles. The first-order valence-corrected chi connectivity index (χ1v) is 8.86. The zero-order chi connectivity index (χ0) is 17.3. The van der Waals surface area contributed by atoms with Crippen LogP contribution in [0.3, 0.4) is 0 Å². The van der Waals surface area contributed by atoms with Crippen molar-refractivity contribution in [2.45, 2.75) is 57.9 Å². The largest absolute Gasteiger partial charge is 1.00 e. The maximum absolute atomic E-state index is 12.5. The van der Waals surface area contributed by atoms with E-state index in [0.717, 1.165) is 23.0 Å². The Morgan fingerprint density at radius 1 is 1.29 bits per heavy atom. The van der Waals surface area contributed by atoms with Gasteiger partial charge in [-0.05, 0) is 25.3 Å². The first-order chi connectivity index (χ1) is 10.7. The summed E-state index contributed by atoms with van der Waals surface area (Å²) < 4.78 is 1.03. The van der Waals surface area contributed by atoms with Crippen LogP contribution >= 0.6 is 0 Å². The topological polar surface area (TPSA) is 43.1 Å². The molecule has 1 fully saturated rings. The standard InChI is InChI=1S/C20H32N2O.BrH/c1-16(2)20(18(21)23,17-10-7-6-8-11-17)13-15-22(5)14-9-12-19(22,3)4;/h6-8,10-11,16H,9,12-15H2,1-5H3,(H-,21,23);1H. The molecule has 1 aromatic rings. The highest BCUT2D eigenvalue weighted by molar-refractivity contribution is 5.87. The molecule has 1 amide bonds. The first-order valence-electron chi connectivity index (χ1n) is 8.86. The number of quaternary nitrogens is 1. The third-order valence-corrected chi connectivity index (χ3v) is 6.62. The zero-order valence-electron chi connectivity index (χ0n) is 15.8. The quantitative estimate of drug-likeness (QED) is 0.698. The molecule has 3 nitrogen and oxygen atoms in total. The number of nitrogens with zero attached hydrogens (tertiary/aromatic N) is 1. The van der Waals surface area contributed by atoms with E-state index in [0.29, 0.717) is 0 Å². The van der Waals surface area contributed by atoms with E-state index >= 15 is 0 Å². The van der Waals surface area contributed by atoms with Crippen LogP contribution in [0.2, 0.25) is 0 Å². The monoisotopic (exact) mass is 396 g/mol. The van der Waals surface area contributed by atoms with E-state index in [1.807, 2.05) is 18.2 Å². The van der Waals surface area contributed by atoms with Gasteiger partial charge >= 0.3 is 0 Å². The second-order valence-corrected chi connectivity index (χ2v) is 8.37. The third kappa shape index (κ3) is 3.55. The molecule has 2 N–H and O–H groups in total. The lowest BCUT2D eigenvalue weighted by Gasteiger charge is -2.45. The molecule has 0 saturated carbocycles. The Balaban J connectivity index is 0.00000288. The van der Waals surface area contributed by atoms with Gasteiger partial charge in [-0.15, -0.1) is 0 Å². The lowest BCUT2D eigenvalue weighted by atomic mass is 9.68. The first kappa shape index (κ1) is 21.2. The molecule has 0 bridgehead atoms. The number of likely N-dealkylation sites (tertiary alicyclic amines) is 1. The Morgan fingerprint density at radius 3 is 2.29 bits per heavy atom. The van der Waals surface area contributed by atoms with Crippen LogP contribution in [0.4, 0.5) is 0 Å². The fraction of sp³-hybridized carbons (Fsp3) is 0.650. The van der Waals surface area contributed by atoms with E-state index in [9.17, 15) is 4.79 Å². The van der Waals surface area contributed by atoms with E-state index in [4.69, 9.17) is 5.73 Å². The molecular weight excluding hydrogens is 364 g/mol. The normalized spacial score (nSPS) is 25.1. The average Bonchev–Trinajstić information content (AvgIpc) is 2.74. The molecule has 2 atom stereocenters. The Kier molecular flexibility index (Phi) is 6.68. The second-order valence-electron chi connectivity index (χ2n) is 8.37. The predicted molar refractivity (Wildman–Crippen MR) is 96.0 cm³/mol. The smallest absolute Gasteiger partial charge is 0.228 e. The van der Waals surface area contributed by atoms with Crippen LogP contribution in [0.1, 0.15) is 52.5 Å². The lowest BCUT2D eigenvalue weighted by molar-refractivity contribution is -0.943. The second kappa shape index (κ2) is 7.57. The molecule has 24 heavy (non-hydrogen) atoms. The highest BCUT2D eigenvalue weighted by Crippen LogP contribution is 2.40. The number of benzene rings is 1. The molecule has 136 valence electrons. The van der Waals surface area contributed by atoms with Gasteiger partial charge in [0.1, 0.15) is 0 Å². The molecule has 1 aliphatic heterocycles. The van der Waals surface area contributed by atoms with Crippen LogP contribution in [-0.4, -0.2) is 36.1 Å². The van der Waals surface area contributed by atoms with Gasteiger partial charge in [-0.3, -0.25) is 4.79 Å². The van der Waals surface area contributed by atoms with Crippen molar-refractivity contribution < 1.29 is 26.3 Å². The van der Waals surface area contributed by atoms with Crippen molar-refractivity contribution in [1.82, 2.24) is 0 Å². The summed E-state index contributed by atoms with van der Waals surface area (Å²) in [7, 11) is 2.34. The van der Waals surface area contributed by atoms with Gasteiger partial charge in [-0.1, -0.05) is 44.2 Å². The Morgan fingerprint density at radius 2 is 1.88 bits per heavy atom. The molecule has 0 aliphatic carbocycles. The van der Waals surface area contributed by atoms with Gasteiger partial charge < -0.3 is 27.2 Å². The van der Waals surface area contributed by atoms with Gasteiger partial charge in [-0.2, -0.15) is 0 Å². The van der Waals surface area contributed by atoms with Crippen molar-refractivity contribution in [3.8, 4) is 0 Å². The average molecular weight is 397 g/mol. The number of amides is 1. The van der Waals surface area contributed by atoms with Gasteiger partial charge in [-0.25, -0.2) is 0 Å². The Hall–Kier alpha value is -0.870. The highest BCUT2D eigenvalue weighted by atomic mass is 79.9. The van der Waals surface area contributed by atoms with Crippen molar-refractivity contribution in [1.29, 1.82) is 0 Å². The maximum atomic E-state index is 12.5. The SMILES string of the molecule is CC(C)C(CC[N+]1(C)CCCC1(C)C)(C(N)=O)c1ccccc1.[Br-]. The number of primary amides is 1. The van der Waals surface area contributed by atoms with Crippen LogP contribution in [0.25, 0.3) is 0 Å². The predicted octanol–water partition coefficient (Wildman–Crippen LogP) is 0.479. The maximum Gasteiger partial charge on any atom is 0.228 e. The van der Waals surface area contributed by atoms with Crippen LogP contribution < -0.4 is 22.7 Å². The number of halogens is 1. The van der Waals surface area contributed by atoms with Crippen molar-refractivity contribution in [3.63, 3.8) is 0 Å². The minimum absolute atomic E-state index is 0. The summed E-state index contributed by atoms with van der Waals surface area (Å²) >= 11 is 0. The van der Waals surface area contributed by atoms with Crippen LogP contribution in [0.15, 0.2) is 30.3 Å². The van der Waals surface area contributed by atoms with Gasteiger partial charge in [0.25, 0.3) is 0 Å². The molecular formula is C20H33BrN2O. The van der Waals surface area contributed by atoms with Gasteiger partial charge in [0.05, 0.1) is 31.1 Å². The zero-order valence-corrected chi connectivity index (χ0v) is 17.4. The number of carbonyl (C=O) groups excluding carboxylic acids is 1. The summed E-state index contributed by atoms with van der Waals surface area (Å²) in [5, 5.41) is 0. The number of hydrogen-bond acceptors (Lipinski definition) is 1. The molecule has 2 rings (SSSR count). The minimum atomic E-state index is -0.582. The van der Waals surface area contributed by atoms with Gasteiger partial charge in [0, 0.05) is 19.3 Å². The number of rotatable bonds is 6. The number of carbonyl (C=O) groups is 1. The number of nitrogens with two attached hydrogens (primary N) is 1. The lowest BCUT2D eigenvalue weighted by Crippen LogP contribution is -3.00. The van der Waals surface area contributed by atoms with Gasteiger partial charge in [0.15, 0.2) is 0 Å². The Labute approximate surface area is 158 Å². The molecule has 2 unspecified atom stereocenters. The van der Waals surface area contributed by atoms with E-state index in [1.54, 1.807) is 0 Å². The molecule has 0 spiro atoms. The van der Waals surface area contributed by atoms with E-state index < -0.39 is 5.41 Å². The van der Waals surface area contributed by atoms with Crippen molar-refractivity contribution in [2.24, 2.45) is 11.7 Å². The molecule has 1 heterocycles. The third-order valence-electron chi connectivity index (χ3n) is 6.62. The summed E-state index contributed by atoms with van der Waals surface area (Å²) in [5.41, 5.74) is 6.71. The van der Waals surface area contributed by atoms with Crippen molar-refractivity contribution in [2.75, 3.05) is 20.1 Å². The molecule has 1 aliphatic rings. The summed E-state index contributed by atoms with van der Waals surface area (Å²) in [4.78, 5) is 12.5. The van der Waals surface area contributed by atoms with E-state index in [-0.39, 0.29) is 34.3 Å². The Bertz CT molecular complexity index is 558. The van der Waals surface area contributed by atoms with Crippen molar-refractivity contribution >= 4 is 5.91 Å². The summed E-state index contributed by atoms with van der Waals surface area (Å²) in [6.45, 7) is 11.1. The molecule has 0 radical (unpaired) electrons. The van der Waals surface area contributed by atoms with Crippen molar-refractivity contribution in [3.05, 3.63) is 35.9 Å². The van der Waals surface area contributed by atoms with Crippen LogP contribution in [0.5, 0.6) is 0 Å². The molecule has 1 saturated heterocycles. The number of hydrogen-bond donors (Lipinski definition) is 1. The van der Waals surface area contributed by atoms with E-state index in [1.165, 1.54) is 19.4 Å². The summed E-state index contributed by atoms with van der Waals surface area (Å²) in [6.07, 6.45) is 3.32. The van der Waals surface area contributed by atoms with Gasteiger partial charge in [0.2, 0.25) is 5.91 Å². The highest BCUT2D eigenvalue weighted by Gasteiger charge is 2.48. The molecule has 1 aromatic carbocycles. The van der Waals surface area contributed by atoms with E-state index in [2.05, 4.69) is 46.9 Å². The van der Waals surface area contributed by atoms with Crippen LogP contribution in [0, 0.1) is 5.92 Å². The fourth-order valence-electron chi connectivity index (χ4n) is 4.32.